The fourth-order valence-corrected chi connectivity index (χ4v) is 2.95. The molecular formula is C15H24N2O5. The molecule has 2 rings (SSSR count). The van der Waals surface area contributed by atoms with Crippen LogP contribution >= 0.6 is 0 Å². The lowest BCUT2D eigenvalue weighted by Crippen LogP contribution is -2.47. The zero-order valence-corrected chi connectivity index (χ0v) is 13.0. The molecule has 0 aromatic heterocycles. The summed E-state index contributed by atoms with van der Waals surface area (Å²) >= 11 is 0. The predicted octanol–water partition coefficient (Wildman–Crippen LogP) is 0.337. The molecule has 0 spiro atoms. The van der Waals surface area contributed by atoms with Gasteiger partial charge in [0.05, 0.1) is 25.0 Å². The molecule has 0 radical (unpaired) electrons. The quantitative estimate of drug-likeness (QED) is 0.791. The Labute approximate surface area is 130 Å². The monoisotopic (exact) mass is 312 g/mol. The van der Waals surface area contributed by atoms with E-state index in [9.17, 15) is 14.4 Å². The van der Waals surface area contributed by atoms with Crippen LogP contribution in [0.3, 0.4) is 0 Å². The molecule has 7 nitrogen and oxygen atoms in total. The average molecular weight is 312 g/mol. The Kier molecular flexibility index (Phi) is 5.76. The van der Waals surface area contributed by atoms with E-state index in [0.29, 0.717) is 32.4 Å². The molecule has 0 bridgehead atoms. The molecule has 1 N–H and O–H groups in total. The van der Waals surface area contributed by atoms with E-state index in [1.807, 2.05) is 0 Å². The van der Waals surface area contributed by atoms with Crippen LogP contribution in [0.1, 0.15) is 32.1 Å². The van der Waals surface area contributed by atoms with Gasteiger partial charge in [-0.3, -0.25) is 14.4 Å². The second-order valence-electron chi connectivity index (χ2n) is 6.11. The highest BCUT2D eigenvalue weighted by molar-refractivity contribution is 5.85. The van der Waals surface area contributed by atoms with Crippen molar-refractivity contribution in [3.8, 4) is 0 Å². The largest absolute Gasteiger partial charge is 0.481 e. The van der Waals surface area contributed by atoms with Crippen molar-refractivity contribution in [3.05, 3.63) is 0 Å². The molecule has 0 saturated carbocycles. The van der Waals surface area contributed by atoms with Gasteiger partial charge in [0.15, 0.2) is 0 Å². The number of rotatable bonds is 5. The van der Waals surface area contributed by atoms with E-state index >= 15 is 0 Å². The maximum Gasteiger partial charge on any atom is 0.308 e. The number of likely N-dealkylation sites (tertiary alicyclic amines) is 1. The van der Waals surface area contributed by atoms with Gasteiger partial charge in [-0.05, 0) is 25.7 Å². The summed E-state index contributed by atoms with van der Waals surface area (Å²) in [4.78, 5) is 38.3. The number of ether oxygens (including phenoxy) is 1. The molecule has 2 atom stereocenters. The van der Waals surface area contributed by atoms with Crippen molar-refractivity contribution in [1.29, 1.82) is 0 Å². The number of amides is 2. The summed E-state index contributed by atoms with van der Waals surface area (Å²) in [5, 5.41) is 9.05. The van der Waals surface area contributed by atoms with Crippen LogP contribution in [0.5, 0.6) is 0 Å². The van der Waals surface area contributed by atoms with E-state index in [1.54, 1.807) is 11.9 Å². The van der Waals surface area contributed by atoms with Crippen molar-refractivity contribution in [1.82, 2.24) is 9.80 Å². The predicted molar refractivity (Wildman–Crippen MR) is 78.2 cm³/mol. The molecular weight excluding hydrogens is 288 g/mol. The number of carbonyl (C=O) groups excluding carboxylic acids is 2. The number of hydrogen-bond donors (Lipinski definition) is 1. The van der Waals surface area contributed by atoms with E-state index in [0.717, 1.165) is 12.8 Å². The second kappa shape index (κ2) is 7.58. The van der Waals surface area contributed by atoms with Gasteiger partial charge in [0, 0.05) is 26.7 Å². The van der Waals surface area contributed by atoms with E-state index in [1.165, 1.54) is 4.90 Å². The number of piperidine rings is 1. The minimum absolute atomic E-state index is 0.00209. The van der Waals surface area contributed by atoms with Crippen molar-refractivity contribution in [3.63, 3.8) is 0 Å². The zero-order valence-electron chi connectivity index (χ0n) is 13.0. The summed E-state index contributed by atoms with van der Waals surface area (Å²) in [6.45, 7) is 1.50. The number of carboxylic acids is 1. The van der Waals surface area contributed by atoms with Crippen molar-refractivity contribution < 1.29 is 24.2 Å². The molecule has 22 heavy (non-hydrogen) atoms. The molecule has 2 saturated heterocycles. The Morgan fingerprint density at radius 1 is 1.27 bits per heavy atom. The van der Waals surface area contributed by atoms with E-state index in [4.69, 9.17) is 9.84 Å². The highest BCUT2D eigenvalue weighted by Gasteiger charge is 2.29. The number of hydrogen-bond acceptors (Lipinski definition) is 4. The molecule has 124 valence electrons. The zero-order chi connectivity index (χ0) is 16.1. The van der Waals surface area contributed by atoms with E-state index in [-0.39, 0.29) is 31.0 Å². The van der Waals surface area contributed by atoms with Gasteiger partial charge in [-0.2, -0.15) is 0 Å². The smallest absolute Gasteiger partial charge is 0.308 e. The molecule has 2 aliphatic heterocycles. The van der Waals surface area contributed by atoms with Crippen LogP contribution in [-0.2, 0) is 19.1 Å². The van der Waals surface area contributed by atoms with E-state index in [2.05, 4.69) is 0 Å². The van der Waals surface area contributed by atoms with Gasteiger partial charge in [0.1, 0.15) is 0 Å². The normalized spacial score (nSPS) is 25.0. The van der Waals surface area contributed by atoms with Crippen LogP contribution in [0, 0.1) is 5.92 Å². The third-order valence-corrected chi connectivity index (χ3v) is 4.35. The topological polar surface area (TPSA) is 87.2 Å². The lowest BCUT2D eigenvalue weighted by Gasteiger charge is -2.32. The number of carboxylic acid groups (broad SMARTS) is 1. The minimum Gasteiger partial charge on any atom is -0.481 e. The molecule has 2 aliphatic rings. The van der Waals surface area contributed by atoms with Gasteiger partial charge in [-0.15, -0.1) is 0 Å². The van der Waals surface area contributed by atoms with Crippen molar-refractivity contribution in [2.75, 3.05) is 33.3 Å². The summed E-state index contributed by atoms with van der Waals surface area (Å²) in [5.74, 6) is -1.65. The summed E-state index contributed by atoms with van der Waals surface area (Å²) in [7, 11) is 1.60. The number of likely N-dealkylation sites (N-methyl/N-ethyl adjacent to an activating group) is 1. The van der Waals surface area contributed by atoms with Crippen LogP contribution < -0.4 is 0 Å². The molecule has 2 fully saturated rings. The fourth-order valence-electron chi connectivity index (χ4n) is 2.95. The second-order valence-corrected chi connectivity index (χ2v) is 6.11. The third-order valence-electron chi connectivity index (χ3n) is 4.35. The standard InChI is InChI=1S/C15H24N2O5/c1-16(13(18)8-12-5-3-7-22-12)10-14(19)17-6-2-4-11(9-17)15(20)21/h11-12H,2-10H2,1H3,(H,20,21). The first-order chi connectivity index (χ1) is 10.5. The molecule has 2 heterocycles. The maximum atomic E-state index is 12.2. The Morgan fingerprint density at radius 2 is 2.05 bits per heavy atom. The minimum atomic E-state index is -0.861. The van der Waals surface area contributed by atoms with Gasteiger partial charge in [-0.25, -0.2) is 0 Å². The summed E-state index contributed by atoms with van der Waals surface area (Å²) in [6.07, 6.45) is 3.44. The highest BCUT2D eigenvalue weighted by atomic mass is 16.5. The van der Waals surface area contributed by atoms with Crippen LogP contribution in [0.25, 0.3) is 0 Å². The van der Waals surface area contributed by atoms with Gasteiger partial charge in [0.25, 0.3) is 0 Å². The van der Waals surface area contributed by atoms with Gasteiger partial charge in [0.2, 0.25) is 11.8 Å². The molecule has 2 unspecified atom stereocenters. The summed E-state index contributed by atoms with van der Waals surface area (Å²) in [5.41, 5.74) is 0. The Hall–Kier alpha value is -1.63. The Bertz CT molecular complexity index is 434. The number of nitrogens with zero attached hydrogens (tertiary/aromatic N) is 2. The van der Waals surface area contributed by atoms with E-state index < -0.39 is 11.9 Å². The molecule has 0 aromatic carbocycles. The lowest BCUT2D eigenvalue weighted by molar-refractivity contribution is -0.147. The lowest BCUT2D eigenvalue weighted by atomic mass is 9.98. The van der Waals surface area contributed by atoms with Gasteiger partial charge < -0.3 is 19.6 Å². The molecule has 0 aliphatic carbocycles. The van der Waals surface area contributed by atoms with Crippen LogP contribution in [0.4, 0.5) is 0 Å². The van der Waals surface area contributed by atoms with Crippen molar-refractivity contribution in [2.45, 2.75) is 38.2 Å². The Morgan fingerprint density at radius 3 is 2.68 bits per heavy atom. The van der Waals surface area contributed by atoms with Crippen LogP contribution in [-0.4, -0.2) is 72.1 Å². The first-order valence-electron chi connectivity index (χ1n) is 7.83. The van der Waals surface area contributed by atoms with Crippen molar-refractivity contribution >= 4 is 17.8 Å². The molecule has 7 heteroatoms. The number of aliphatic carboxylic acids is 1. The SMILES string of the molecule is CN(CC(=O)N1CCCC(C(=O)O)C1)C(=O)CC1CCCO1. The summed E-state index contributed by atoms with van der Waals surface area (Å²) in [6, 6.07) is 0. The molecule has 2 amide bonds. The summed E-state index contributed by atoms with van der Waals surface area (Å²) < 4.78 is 5.43. The van der Waals surface area contributed by atoms with Crippen molar-refractivity contribution in [2.24, 2.45) is 5.92 Å². The Balaban J connectivity index is 1.79. The maximum absolute atomic E-state index is 12.2. The van der Waals surface area contributed by atoms with Crippen LogP contribution in [0.2, 0.25) is 0 Å². The van der Waals surface area contributed by atoms with Gasteiger partial charge >= 0.3 is 5.97 Å². The first kappa shape index (κ1) is 16.7. The average Bonchev–Trinajstić information content (AvgIpc) is 3.00. The number of carbonyl (C=O) groups is 3. The van der Waals surface area contributed by atoms with Gasteiger partial charge in [-0.1, -0.05) is 0 Å². The first-order valence-corrected chi connectivity index (χ1v) is 7.83. The molecule has 0 aromatic rings. The highest BCUT2D eigenvalue weighted by Crippen LogP contribution is 2.18. The fraction of sp³-hybridized carbons (Fsp3) is 0.800. The van der Waals surface area contributed by atoms with Crippen LogP contribution in [0.15, 0.2) is 0 Å². The third kappa shape index (κ3) is 4.43.